The van der Waals surface area contributed by atoms with Gasteiger partial charge in [0, 0.05) is 25.9 Å². The summed E-state index contributed by atoms with van der Waals surface area (Å²) in [4.78, 5) is 36.1. The highest BCUT2D eigenvalue weighted by atomic mass is 16.5. The van der Waals surface area contributed by atoms with Crippen LogP contribution < -0.4 is 16.4 Å². The van der Waals surface area contributed by atoms with Crippen LogP contribution in [-0.2, 0) is 27.2 Å². The Balaban J connectivity index is 1.46. The first-order valence-electron chi connectivity index (χ1n) is 12.1. The van der Waals surface area contributed by atoms with Crippen molar-refractivity contribution in [2.75, 3.05) is 24.1 Å². The predicted octanol–water partition coefficient (Wildman–Crippen LogP) is 0.226. The Morgan fingerprint density at radius 2 is 1.84 bits per heavy atom. The molecule has 0 radical (unpaired) electrons. The van der Waals surface area contributed by atoms with E-state index in [0.29, 0.717) is 37.1 Å². The number of aliphatic carboxylic acids is 1. The van der Waals surface area contributed by atoms with Crippen molar-refractivity contribution in [2.24, 2.45) is 0 Å². The zero-order chi connectivity index (χ0) is 26.5. The fourth-order valence-corrected chi connectivity index (χ4v) is 4.23. The standard InChI is InChI=1S/C24H31N7O6/c1-2-26-22(36)19-15(32)11-16(33)23(37-19)31-12-28-18-20(25)29-24(30-21(18)31)27-10-9-14-5-3-13(4-6-14)7-8-17(34)35/h3-6,12,15-16,19,23,32-33H,2,7-11H2,1H3,(H,26,36)(H,34,35)(H3,25,27,29,30)/t15-,16+,19+,23-/m1/s1. The molecule has 1 aromatic carbocycles. The number of nitrogens with zero attached hydrogens (tertiary/aromatic N) is 4. The quantitative estimate of drug-likeness (QED) is 0.217. The summed E-state index contributed by atoms with van der Waals surface area (Å²) in [5, 5.41) is 35.4. The van der Waals surface area contributed by atoms with Crippen LogP contribution in [0.2, 0.25) is 0 Å². The maximum Gasteiger partial charge on any atom is 0.303 e. The fraction of sp³-hybridized carbons (Fsp3) is 0.458. The normalized spacial score (nSPS) is 21.6. The van der Waals surface area contributed by atoms with E-state index in [1.807, 2.05) is 24.3 Å². The number of aliphatic hydroxyl groups excluding tert-OH is 2. The number of anilines is 2. The number of carbonyl (C=O) groups excluding carboxylic acids is 1. The Morgan fingerprint density at radius 3 is 2.51 bits per heavy atom. The van der Waals surface area contributed by atoms with Crippen LogP contribution in [0.3, 0.4) is 0 Å². The van der Waals surface area contributed by atoms with Gasteiger partial charge in [0.1, 0.15) is 11.6 Å². The molecular weight excluding hydrogens is 482 g/mol. The number of aryl methyl sites for hydroxylation is 1. The second-order valence-corrected chi connectivity index (χ2v) is 8.86. The van der Waals surface area contributed by atoms with Crippen molar-refractivity contribution in [3.63, 3.8) is 0 Å². The van der Waals surface area contributed by atoms with E-state index < -0.39 is 36.4 Å². The molecule has 37 heavy (non-hydrogen) atoms. The first-order chi connectivity index (χ1) is 17.8. The molecule has 2 aromatic heterocycles. The van der Waals surface area contributed by atoms with E-state index in [4.69, 9.17) is 15.6 Å². The summed E-state index contributed by atoms with van der Waals surface area (Å²) in [5.74, 6) is -0.896. The summed E-state index contributed by atoms with van der Waals surface area (Å²) in [6, 6.07) is 7.73. The van der Waals surface area contributed by atoms with Crippen LogP contribution in [0.5, 0.6) is 0 Å². The number of carboxylic acid groups (broad SMARTS) is 1. The van der Waals surface area contributed by atoms with Gasteiger partial charge in [-0.2, -0.15) is 9.97 Å². The third-order valence-electron chi connectivity index (χ3n) is 6.13. The van der Waals surface area contributed by atoms with E-state index in [-0.39, 0.29) is 24.6 Å². The SMILES string of the molecule is CCNC(=O)[C@H]1O[C@@H](n2cnc3c(N)nc(NCCc4ccc(CCC(=O)O)cc4)nc32)[C@@H](O)C[C@H]1O. The Bertz CT molecular complexity index is 1250. The van der Waals surface area contributed by atoms with Gasteiger partial charge in [-0.15, -0.1) is 0 Å². The molecule has 7 N–H and O–H groups in total. The lowest BCUT2D eigenvalue weighted by atomic mass is 10.0. The molecule has 0 spiro atoms. The number of aromatic nitrogens is 4. The molecule has 3 heterocycles. The predicted molar refractivity (Wildman–Crippen MR) is 134 cm³/mol. The largest absolute Gasteiger partial charge is 0.481 e. The van der Waals surface area contributed by atoms with Crippen LogP contribution in [-0.4, -0.2) is 78.1 Å². The third-order valence-corrected chi connectivity index (χ3v) is 6.13. The summed E-state index contributed by atoms with van der Waals surface area (Å²) >= 11 is 0. The van der Waals surface area contributed by atoms with Crippen molar-refractivity contribution in [2.45, 2.75) is 57.1 Å². The van der Waals surface area contributed by atoms with Crippen molar-refractivity contribution in [1.82, 2.24) is 24.8 Å². The van der Waals surface area contributed by atoms with E-state index in [1.165, 1.54) is 10.9 Å². The number of nitrogen functional groups attached to an aromatic ring is 1. The summed E-state index contributed by atoms with van der Waals surface area (Å²) in [6.45, 7) is 2.64. The van der Waals surface area contributed by atoms with Gasteiger partial charge in [0.05, 0.1) is 12.4 Å². The topological polar surface area (TPSA) is 198 Å². The second kappa shape index (κ2) is 11.5. The molecule has 198 valence electrons. The summed E-state index contributed by atoms with van der Waals surface area (Å²) < 4.78 is 7.28. The molecule has 13 heteroatoms. The van der Waals surface area contributed by atoms with Crippen LogP contribution >= 0.6 is 0 Å². The monoisotopic (exact) mass is 513 g/mol. The number of likely N-dealkylation sites (N-methyl/N-ethyl adjacent to an activating group) is 1. The van der Waals surface area contributed by atoms with Crippen molar-refractivity contribution in [1.29, 1.82) is 0 Å². The molecule has 4 atom stereocenters. The average molecular weight is 514 g/mol. The Morgan fingerprint density at radius 1 is 1.14 bits per heavy atom. The van der Waals surface area contributed by atoms with Gasteiger partial charge in [-0.3, -0.25) is 14.2 Å². The van der Waals surface area contributed by atoms with Crippen LogP contribution in [0.4, 0.5) is 11.8 Å². The van der Waals surface area contributed by atoms with Crippen molar-refractivity contribution in [3.05, 3.63) is 41.7 Å². The molecule has 1 amide bonds. The number of aliphatic hydroxyl groups is 2. The number of ether oxygens (including phenoxy) is 1. The lowest BCUT2D eigenvalue weighted by molar-refractivity contribution is -0.199. The molecule has 1 fully saturated rings. The molecule has 3 aromatic rings. The molecule has 4 rings (SSSR count). The minimum Gasteiger partial charge on any atom is -0.481 e. The smallest absolute Gasteiger partial charge is 0.303 e. The molecule has 0 bridgehead atoms. The average Bonchev–Trinajstić information content (AvgIpc) is 3.28. The van der Waals surface area contributed by atoms with Crippen LogP contribution in [0.25, 0.3) is 11.2 Å². The zero-order valence-electron chi connectivity index (χ0n) is 20.4. The van der Waals surface area contributed by atoms with Crippen molar-refractivity contribution < 1.29 is 29.6 Å². The van der Waals surface area contributed by atoms with Crippen LogP contribution in [0, 0.1) is 0 Å². The van der Waals surface area contributed by atoms with Gasteiger partial charge in [0.25, 0.3) is 5.91 Å². The number of hydrogen-bond acceptors (Lipinski definition) is 10. The van der Waals surface area contributed by atoms with Gasteiger partial charge in [-0.25, -0.2) is 4.98 Å². The van der Waals surface area contributed by atoms with Gasteiger partial charge in [0.15, 0.2) is 23.8 Å². The number of fused-ring (bicyclic) bond motifs is 1. The molecule has 1 aliphatic rings. The van der Waals surface area contributed by atoms with Gasteiger partial charge in [-0.05, 0) is 30.9 Å². The number of amides is 1. The van der Waals surface area contributed by atoms with Crippen molar-refractivity contribution >= 4 is 34.8 Å². The minimum atomic E-state index is -1.16. The molecule has 0 saturated carbocycles. The zero-order valence-corrected chi connectivity index (χ0v) is 20.4. The number of hydrogen-bond donors (Lipinski definition) is 6. The van der Waals surface area contributed by atoms with Gasteiger partial charge < -0.3 is 36.4 Å². The first kappa shape index (κ1) is 26.3. The Hall–Kier alpha value is -3.81. The highest BCUT2D eigenvalue weighted by molar-refractivity contribution is 5.83. The molecular formula is C24H31N7O6. The highest BCUT2D eigenvalue weighted by Gasteiger charge is 2.41. The number of carboxylic acids is 1. The number of nitrogens with one attached hydrogen (secondary N) is 2. The lowest BCUT2D eigenvalue weighted by Gasteiger charge is -2.36. The lowest BCUT2D eigenvalue weighted by Crippen LogP contribution is -2.52. The van der Waals surface area contributed by atoms with E-state index in [0.717, 1.165) is 11.1 Å². The Kier molecular flexibility index (Phi) is 8.16. The molecule has 13 nitrogen and oxygen atoms in total. The first-order valence-corrected chi connectivity index (χ1v) is 12.1. The summed E-state index contributed by atoms with van der Waals surface area (Å²) in [5.41, 5.74) is 8.75. The maximum atomic E-state index is 12.3. The summed E-state index contributed by atoms with van der Waals surface area (Å²) in [6.07, 6.45) is -1.85. The molecule has 1 saturated heterocycles. The van der Waals surface area contributed by atoms with E-state index >= 15 is 0 Å². The third kappa shape index (κ3) is 6.13. The maximum absolute atomic E-state index is 12.3. The van der Waals surface area contributed by atoms with E-state index in [2.05, 4.69) is 25.6 Å². The van der Waals surface area contributed by atoms with Crippen LogP contribution in [0.15, 0.2) is 30.6 Å². The minimum absolute atomic E-state index is 0.0626. The second-order valence-electron chi connectivity index (χ2n) is 8.86. The number of imidazole rings is 1. The number of benzene rings is 1. The van der Waals surface area contributed by atoms with Gasteiger partial charge in [0.2, 0.25) is 5.95 Å². The highest BCUT2D eigenvalue weighted by Crippen LogP contribution is 2.31. The van der Waals surface area contributed by atoms with Crippen molar-refractivity contribution in [3.8, 4) is 0 Å². The van der Waals surface area contributed by atoms with E-state index in [1.54, 1.807) is 6.92 Å². The van der Waals surface area contributed by atoms with Crippen LogP contribution in [0.1, 0.15) is 37.1 Å². The molecule has 1 aliphatic heterocycles. The number of nitrogens with two attached hydrogens (primary N) is 1. The molecule has 0 unspecified atom stereocenters. The number of carbonyl (C=O) groups is 2. The van der Waals surface area contributed by atoms with Gasteiger partial charge >= 0.3 is 5.97 Å². The van der Waals surface area contributed by atoms with Gasteiger partial charge in [-0.1, -0.05) is 24.3 Å². The fourth-order valence-electron chi connectivity index (χ4n) is 4.23. The van der Waals surface area contributed by atoms with E-state index in [9.17, 15) is 19.8 Å². The summed E-state index contributed by atoms with van der Waals surface area (Å²) in [7, 11) is 0. The molecule has 0 aliphatic carbocycles. The number of rotatable bonds is 10. The Labute approximate surface area is 212 Å².